The van der Waals surface area contributed by atoms with Crippen molar-refractivity contribution in [2.24, 2.45) is 0 Å². The number of aliphatic hydroxyl groups excluding tert-OH is 1. The summed E-state index contributed by atoms with van der Waals surface area (Å²) in [5.74, 6) is -3.17. The minimum absolute atomic E-state index is 0.0178. The van der Waals surface area contributed by atoms with Gasteiger partial charge in [-0.3, -0.25) is 4.57 Å². The van der Waals surface area contributed by atoms with Crippen molar-refractivity contribution in [3.8, 4) is 17.0 Å². The molecule has 118 valence electrons. The summed E-state index contributed by atoms with van der Waals surface area (Å²) in [7, 11) is -5.13. The molecule has 1 aromatic carbocycles. The van der Waals surface area contributed by atoms with Gasteiger partial charge in [0.2, 0.25) is 5.91 Å². The van der Waals surface area contributed by atoms with Crippen LogP contribution in [0.4, 0.5) is 4.39 Å². The van der Waals surface area contributed by atoms with Crippen LogP contribution in [0.25, 0.3) is 11.3 Å². The number of pyridine rings is 1. The van der Waals surface area contributed by atoms with Gasteiger partial charge in [-0.25, -0.2) is 9.37 Å². The maximum Gasteiger partial charge on any atom is 0.364 e. The Balaban J connectivity index is 2.83. The van der Waals surface area contributed by atoms with Gasteiger partial charge < -0.3 is 20.0 Å². The van der Waals surface area contributed by atoms with Gasteiger partial charge >= 0.3 is 7.60 Å². The summed E-state index contributed by atoms with van der Waals surface area (Å²) < 4.78 is 25.6. The number of aryl methyl sites for hydroxylation is 1. The third-order valence-corrected chi connectivity index (χ3v) is 4.08. The highest BCUT2D eigenvalue weighted by Gasteiger charge is 2.36. The monoisotopic (exact) mass is 327 g/mol. The van der Waals surface area contributed by atoms with Gasteiger partial charge in [0.25, 0.3) is 0 Å². The highest BCUT2D eigenvalue weighted by Crippen LogP contribution is 2.56. The van der Waals surface area contributed by atoms with Gasteiger partial charge in [0.1, 0.15) is 5.75 Å². The standard InChI is InChI=1S/C14H15FNO5P/c1-8-13(18)10(7-17)11(14(15)22(19,20)21)12(16-8)9-5-3-2-4-6-9/h2-6,14,17-18H,7H2,1H3,(H2,19,20,21). The quantitative estimate of drug-likeness (QED) is 0.642. The summed E-state index contributed by atoms with van der Waals surface area (Å²) in [6.45, 7) is 0.681. The zero-order valence-corrected chi connectivity index (χ0v) is 12.5. The van der Waals surface area contributed by atoms with Crippen molar-refractivity contribution in [3.05, 3.63) is 47.2 Å². The van der Waals surface area contributed by atoms with Gasteiger partial charge in [-0.05, 0) is 6.92 Å². The molecule has 0 saturated carbocycles. The number of hydrogen-bond acceptors (Lipinski definition) is 4. The van der Waals surface area contributed by atoms with Crippen LogP contribution >= 0.6 is 7.60 Å². The highest BCUT2D eigenvalue weighted by molar-refractivity contribution is 7.52. The maximum absolute atomic E-state index is 14.3. The fourth-order valence-corrected chi connectivity index (χ4v) is 2.79. The Labute approximate surface area is 126 Å². The molecule has 0 bridgehead atoms. The van der Waals surface area contributed by atoms with E-state index in [2.05, 4.69) is 4.98 Å². The van der Waals surface area contributed by atoms with Crippen LogP contribution in [-0.4, -0.2) is 25.0 Å². The Morgan fingerprint density at radius 1 is 1.27 bits per heavy atom. The highest BCUT2D eigenvalue weighted by atomic mass is 31.2. The van der Waals surface area contributed by atoms with Crippen LogP contribution in [0.2, 0.25) is 0 Å². The SMILES string of the molecule is Cc1nc(-c2ccccc2)c(C(F)P(=O)(O)O)c(CO)c1O. The molecule has 2 rings (SSSR count). The molecule has 1 atom stereocenters. The average molecular weight is 327 g/mol. The predicted molar refractivity (Wildman–Crippen MR) is 77.9 cm³/mol. The molecule has 0 amide bonds. The first kappa shape index (κ1) is 16.6. The number of alkyl halides is 1. The number of aromatic nitrogens is 1. The summed E-state index contributed by atoms with van der Waals surface area (Å²) in [5, 5.41) is 19.3. The summed E-state index contributed by atoms with van der Waals surface area (Å²) in [6.07, 6.45) is 0. The van der Waals surface area contributed by atoms with Gasteiger partial charge in [-0.15, -0.1) is 0 Å². The lowest BCUT2D eigenvalue weighted by molar-refractivity contribution is 0.265. The Bertz CT molecular complexity index is 732. The summed E-state index contributed by atoms with van der Waals surface area (Å²) in [6, 6.07) is 8.23. The lowest BCUT2D eigenvalue weighted by atomic mass is 10.00. The Morgan fingerprint density at radius 3 is 2.36 bits per heavy atom. The van der Waals surface area contributed by atoms with Gasteiger partial charge in [0.15, 0.2) is 0 Å². The van der Waals surface area contributed by atoms with Gasteiger partial charge in [-0.1, -0.05) is 30.3 Å². The van der Waals surface area contributed by atoms with Crippen molar-refractivity contribution in [2.45, 2.75) is 19.4 Å². The fraction of sp³-hybridized carbons (Fsp3) is 0.214. The Morgan fingerprint density at radius 2 is 1.86 bits per heavy atom. The van der Waals surface area contributed by atoms with Crippen LogP contribution in [0.5, 0.6) is 5.75 Å². The number of benzene rings is 1. The molecule has 1 unspecified atom stereocenters. The average Bonchev–Trinajstić information content (AvgIpc) is 2.48. The van der Waals surface area contributed by atoms with Crippen LogP contribution < -0.4 is 0 Å². The van der Waals surface area contributed by atoms with E-state index in [4.69, 9.17) is 9.79 Å². The maximum atomic E-state index is 14.3. The molecule has 4 N–H and O–H groups in total. The molecule has 2 aromatic rings. The third-order valence-electron chi connectivity index (χ3n) is 3.23. The van der Waals surface area contributed by atoms with Crippen LogP contribution in [-0.2, 0) is 11.2 Å². The molecule has 0 aliphatic heterocycles. The number of aliphatic hydroxyl groups is 1. The molecule has 0 aliphatic rings. The molecule has 1 heterocycles. The number of aromatic hydroxyl groups is 1. The van der Waals surface area contributed by atoms with Crippen molar-refractivity contribution in [1.82, 2.24) is 4.98 Å². The summed E-state index contributed by atoms with van der Waals surface area (Å²) in [5.41, 5.74) is -0.237. The van der Waals surface area contributed by atoms with Crippen molar-refractivity contribution in [2.75, 3.05) is 0 Å². The minimum atomic E-state index is -5.13. The lowest BCUT2D eigenvalue weighted by Gasteiger charge is -2.20. The molecule has 0 aliphatic carbocycles. The van der Waals surface area contributed by atoms with E-state index >= 15 is 0 Å². The molecule has 8 heteroatoms. The van der Waals surface area contributed by atoms with Crippen molar-refractivity contribution in [3.63, 3.8) is 0 Å². The van der Waals surface area contributed by atoms with Crippen molar-refractivity contribution >= 4 is 7.60 Å². The summed E-state index contributed by atoms with van der Waals surface area (Å²) >= 11 is 0. The molecular weight excluding hydrogens is 312 g/mol. The van der Waals surface area contributed by atoms with E-state index in [0.717, 1.165) is 0 Å². The second-order valence-electron chi connectivity index (χ2n) is 4.74. The van der Waals surface area contributed by atoms with E-state index in [1.54, 1.807) is 30.3 Å². The largest absolute Gasteiger partial charge is 0.506 e. The molecule has 0 radical (unpaired) electrons. The van der Waals surface area contributed by atoms with Gasteiger partial charge in [0.05, 0.1) is 18.0 Å². The first-order chi connectivity index (χ1) is 10.3. The topological polar surface area (TPSA) is 111 Å². The Hall–Kier alpha value is -1.79. The van der Waals surface area contributed by atoms with E-state index in [-0.39, 0.29) is 17.0 Å². The molecule has 22 heavy (non-hydrogen) atoms. The number of halogens is 1. The van der Waals surface area contributed by atoms with Crippen LogP contribution in [0.15, 0.2) is 30.3 Å². The van der Waals surface area contributed by atoms with E-state index < -0.39 is 31.4 Å². The molecule has 6 nitrogen and oxygen atoms in total. The van der Waals surface area contributed by atoms with E-state index in [0.29, 0.717) is 5.56 Å². The minimum Gasteiger partial charge on any atom is -0.506 e. The second kappa shape index (κ2) is 6.14. The van der Waals surface area contributed by atoms with Gasteiger partial charge in [0, 0.05) is 16.7 Å². The van der Waals surface area contributed by atoms with E-state index in [1.165, 1.54) is 6.92 Å². The number of hydrogen-bond donors (Lipinski definition) is 4. The second-order valence-corrected chi connectivity index (χ2v) is 6.37. The van der Waals surface area contributed by atoms with E-state index in [9.17, 15) is 19.2 Å². The zero-order valence-electron chi connectivity index (χ0n) is 11.6. The van der Waals surface area contributed by atoms with Crippen molar-refractivity contribution < 1.29 is 29.0 Å². The smallest absolute Gasteiger partial charge is 0.364 e. The normalized spacial score (nSPS) is 13.1. The lowest BCUT2D eigenvalue weighted by Crippen LogP contribution is -2.06. The first-order valence-corrected chi connectivity index (χ1v) is 8.03. The van der Waals surface area contributed by atoms with Crippen molar-refractivity contribution in [1.29, 1.82) is 0 Å². The molecule has 0 spiro atoms. The van der Waals surface area contributed by atoms with Crippen LogP contribution in [0.1, 0.15) is 22.7 Å². The summed E-state index contributed by atoms with van der Waals surface area (Å²) in [4.78, 5) is 22.3. The molecule has 0 saturated heterocycles. The fourth-order valence-electron chi connectivity index (χ4n) is 2.17. The molecule has 0 fully saturated rings. The molecule has 1 aromatic heterocycles. The molecular formula is C14H15FNO5P. The Kier molecular flexibility index (Phi) is 4.63. The first-order valence-electron chi connectivity index (χ1n) is 6.35. The zero-order chi connectivity index (χ0) is 16.5. The van der Waals surface area contributed by atoms with E-state index in [1.807, 2.05) is 0 Å². The number of rotatable bonds is 4. The van der Waals surface area contributed by atoms with Crippen LogP contribution in [0, 0.1) is 6.92 Å². The number of nitrogens with zero attached hydrogens (tertiary/aromatic N) is 1. The van der Waals surface area contributed by atoms with Crippen LogP contribution in [0.3, 0.4) is 0 Å². The third kappa shape index (κ3) is 3.03. The predicted octanol–water partition coefficient (Wildman–Crippen LogP) is 2.40. The van der Waals surface area contributed by atoms with Gasteiger partial charge in [-0.2, -0.15) is 0 Å².